The van der Waals surface area contributed by atoms with Crippen molar-refractivity contribution in [3.05, 3.63) is 22.7 Å². The summed E-state index contributed by atoms with van der Waals surface area (Å²) in [4.78, 5) is 15.0. The number of aliphatic hydroxyl groups is 2. The normalized spacial score (nSPS) is 25.2. The molecular weight excluding hydrogens is 310 g/mol. The van der Waals surface area contributed by atoms with Gasteiger partial charge in [-0.15, -0.1) is 0 Å². The Hall–Kier alpha value is -1.57. The van der Waals surface area contributed by atoms with Crippen LogP contribution in [0.4, 0.5) is 5.82 Å². The topological polar surface area (TPSA) is 185 Å². The number of ether oxygens (including phenoxy) is 1. The molecule has 0 aliphatic carbocycles. The molecule has 21 heavy (non-hydrogen) atoms. The minimum absolute atomic E-state index is 0.118. The van der Waals surface area contributed by atoms with Crippen molar-refractivity contribution in [3.63, 3.8) is 0 Å². The van der Waals surface area contributed by atoms with Gasteiger partial charge in [0.05, 0.1) is 12.7 Å². The summed E-state index contributed by atoms with van der Waals surface area (Å²) in [6, 6.07) is 1.45. The molecule has 1 aromatic heterocycles. The first-order valence-electron chi connectivity index (χ1n) is 5.60. The SMILES string of the molecule is Nc1ccn([C@@H]2O[C@H](CO)C[C@H]2O)c(=O)n1.O=S(=O)(O)O. The number of rotatable bonds is 2. The minimum atomic E-state index is -4.67. The molecule has 1 fully saturated rings. The quantitative estimate of drug-likeness (QED) is 0.374. The highest BCUT2D eigenvalue weighted by atomic mass is 32.3. The molecule has 1 aliphatic heterocycles. The molecule has 1 aliphatic rings. The van der Waals surface area contributed by atoms with Gasteiger partial charge in [0.1, 0.15) is 11.9 Å². The summed E-state index contributed by atoms with van der Waals surface area (Å²) < 4.78 is 38.1. The molecule has 1 aromatic rings. The maximum atomic E-state index is 11.5. The zero-order valence-corrected chi connectivity index (χ0v) is 11.4. The predicted octanol–water partition coefficient (Wildman–Crippen LogP) is -2.19. The van der Waals surface area contributed by atoms with Gasteiger partial charge in [0, 0.05) is 12.6 Å². The molecule has 6 N–H and O–H groups in total. The number of aliphatic hydroxyl groups excluding tert-OH is 2. The number of nitrogens with zero attached hydrogens (tertiary/aromatic N) is 2. The summed E-state index contributed by atoms with van der Waals surface area (Å²) in [5.74, 6) is 0.118. The van der Waals surface area contributed by atoms with E-state index in [4.69, 9.17) is 33.1 Å². The van der Waals surface area contributed by atoms with Crippen LogP contribution in [0.5, 0.6) is 0 Å². The van der Waals surface area contributed by atoms with Crippen molar-refractivity contribution < 1.29 is 32.5 Å². The Balaban J connectivity index is 0.000000383. The van der Waals surface area contributed by atoms with E-state index in [2.05, 4.69) is 4.98 Å². The number of anilines is 1. The number of nitrogens with two attached hydrogens (primary N) is 1. The van der Waals surface area contributed by atoms with Gasteiger partial charge in [0.15, 0.2) is 6.23 Å². The van der Waals surface area contributed by atoms with Gasteiger partial charge in [-0.05, 0) is 6.07 Å². The summed E-state index contributed by atoms with van der Waals surface area (Å²) in [5.41, 5.74) is 4.77. The van der Waals surface area contributed by atoms with Crippen LogP contribution in [-0.4, -0.2) is 56.1 Å². The van der Waals surface area contributed by atoms with Crippen molar-refractivity contribution in [2.45, 2.75) is 24.9 Å². The van der Waals surface area contributed by atoms with Crippen molar-refractivity contribution >= 4 is 16.2 Å². The summed E-state index contributed by atoms with van der Waals surface area (Å²) in [7, 11) is -4.67. The predicted molar refractivity (Wildman–Crippen MR) is 68.7 cm³/mol. The van der Waals surface area contributed by atoms with Gasteiger partial charge in [0.2, 0.25) is 0 Å². The van der Waals surface area contributed by atoms with Crippen LogP contribution >= 0.6 is 0 Å². The summed E-state index contributed by atoms with van der Waals surface area (Å²) in [6.45, 7) is -0.190. The molecule has 2 heterocycles. The molecular formula is C9H15N3O8S. The molecule has 11 nitrogen and oxygen atoms in total. The van der Waals surface area contributed by atoms with Crippen LogP contribution in [0.15, 0.2) is 17.1 Å². The van der Waals surface area contributed by atoms with Crippen LogP contribution in [-0.2, 0) is 15.1 Å². The highest BCUT2D eigenvalue weighted by Gasteiger charge is 2.35. The summed E-state index contributed by atoms with van der Waals surface area (Å²) in [6.07, 6.45) is -0.390. The zero-order chi connectivity index (χ0) is 16.2. The Labute approximate surface area is 119 Å². The number of hydrogen-bond acceptors (Lipinski definition) is 8. The van der Waals surface area contributed by atoms with Crippen LogP contribution in [0.1, 0.15) is 12.6 Å². The highest BCUT2D eigenvalue weighted by molar-refractivity contribution is 7.79. The first-order chi connectivity index (χ1) is 9.61. The lowest BCUT2D eigenvalue weighted by Crippen LogP contribution is -2.31. The fourth-order valence-corrected chi connectivity index (χ4v) is 1.72. The first kappa shape index (κ1) is 17.5. The summed E-state index contributed by atoms with van der Waals surface area (Å²) >= 11 is 0. The average molecular weight is 325 g/mol. The highest BCUT2D eigenvalue weighted by Crippen LogP contribution is 2.27. The molecule has 0 amide bonds. The lowest BCUT2D eigenvalue weighted by Gasteiger charge is -2.16. The fourth-order valence-electron chi connectivity index (χ4n) is 1.72. The minimum Gasteiger partial charge on any atom is -0.394 e. The smallest absolute Gasteiger partial charge is 0.394 e. The Morgan fingerprint density at radius 1 is 1.48 bits per heavy atom. The molecule has 2 rings (SSSR count). The van der Waals surface area contributed by atoms with Crippen molar-refractivity contribution in [2.24, 2.45) is 0 Å². The number of nitrogen functional groups attached to an aromatic ring is 1. The van der Waals surface area contributed by atoms with E-state index in [0.29, 0.717) is 0 Å². The number of hydrogen-bond donors (Lipinski definition) is 5. The van der Waals surface area contributed by atoms with Gasteiger partial charge in [0.25, 0.3) is 0 Å². The molecule has 0 saturated carbocycles. The molecule has 0 spiro atoms. The largest absolute Gasteiger partial charge is 0.394 e. The van der Waals surface area contributed by atoms with E-state index >= 15 is 0 Å². The van der Waals surface area contributed by atoms with Crippen molar-refractivity contribution in [1.29, 1.82) is 0 Å². The second-order valence-corrected chi connectivity index (χ2v) is 5.02. The molecule has 1 saturated heterocycles. The Bertz CT molecular complexity index is 622. The van der Waals surface area contributed by atoms with Crippen molar-refractivity contribution in [3.8, 4) is 0 Å². The second kappa shape index (κ2) is 6.93. The van der Waals surface area contributed by atoms with E-state index < -0.39 is 34.5 Å². The van der Waals surface area contributed by atoms with E-state index in [-0.39, 0.29) is 18.8 Å². The van der Waals surface area contributed by atoms with Gasteiger partial charge < -0.3 is 20.7 Å². The van der Waals surface area contributed by atoms with E-state index in [9.17, 15) is 9.90 Å². The van der Waals surface area contributed by atoms with E-state index in [1.165, 1.54) is 12.3 Å². The Kier molecular flexibility index (Phi) is 5.77. The van der Waals surface area contributed by atoms with Gasteiger partial charge in [-0.2, -0.15) is 13.4 Å². The third-order valence-corrected chi connectivity index (χ3v) is 2.49. The third-order valence-electron chi connectivity index (χ3n) is 2.49. The van der Waals surface area contributed by atoms with Gasteiger partial charge in [-0.1, -0.05) is 0 Å². The molecule has 12 heteroatoms. The maximum absolute atomic E-state index is 11.5. The van der Waals surface area contributed by atoms with Crippen LogP contribution in [0.2, 0.25) is 0 Å². The van der Waals surface area contributed by atoms with E-state index in [1.54, 1.807) is 0 Å². The van der Waals surface area contributed by atoms with Gasteiger partial charge in [-0.25, -0.2) is 4.79 Å². The monoisotopic (exact) mass is 325 g/mol. The van der Waals surface area contributed by atoms with E-state index in [0.717, 1.165) is 4.57 Å². The summed E-state index contributed by atoms with van der Waals surface area (Å²) in [5, 5.41) is 18.6. The van der Waals surface area contributed by atoms with Gasteiger partial charge in [-0.3, -0.25) is 13.7 Å². The zero-order valence-electron chi connectivity index (χ0n) is 10.6. The molecule has 3 atom stereocenters. The van der Waals surface area contributed by atoms with Crippen molar-refractivity contribution in [2.75, 3.05) is 12.3 Å². The molecule has 120 valence electrons. The third kappa shape index (κ3) is 5.74. The number of aromatic nitrogens is 2. The fraction of sp³-hybridized carbons (Fsp3) is 0.556. The van der Waals surface area contributed by atoms with Crippen LogP contribution in [0.3, 0.4) is 0 Å². The van der Waals surface area contributed by atoms with Gasteiger partial charge >= 0.3 is 16.1 Å². The van der Waals surface area contributed by atoms with Crippen LogP contribution in [0, 0.1) is 0 Å². The molecule has 0 unspecified atom stereocenters. The molecule has 0 aromatic carbocycles. The molecule has 0 radical (unpaired) electrons. The maximum Gasteiger partial charge on any atom is 0.394 e. The van der Waals surface area contributed by atoms with E-state index in [1.807, 2.05) is 0 Å². The Morgan fingerprint density at radius 3 is 2.48 bits per heavy atom. The van der Waals surface area contributed by atoms with Crippen molar-refractivity contribution in [1.82, 2.24) is 9.55 Å². The van der Waals surface area contributed by atoms with Crippen LogP contribution < -0.4 is 11.4 Å². The lowest BCUT2D eigenvalue weighted by atomic mass is 10.2. The standard InChI is InChI=1S/C9H13N3O4.H2O4S/c10-7-1-2-12(9(15)11-7)8-6(14)3-5(4-13)16-8;1-5(2,3)4/h1-2,5-6,8,13-14H,3-4H2,(H2,10,11,15);(H2,1,2,3,4)/t5-,6+,8+;/m0./s1. The van der Waals surface area contributed by atoms with Crippen LogP contribution in [0.25, 0.3) is 0 Å². The Morgan fingerprint density at radius 2 is 2.05 bits per heavy atom. The lowest BCUT2D eigenvalue weighted by molar-refractivity contribution is -0.0529. The molecule has 0 bridgehead atoms. The first-order valence-corrected chi connectivity index (χ1v) is 7.00. The average Bonchev–Trinajstić information content (AvgIpc) is 2.68. The second-order valence-electron chi connectivity index (χ2n) is 4.12.